The second-order valence-electron chi connectivity index (χ2n) is 18.5. The Bertz CT molecular complexity index is 2520. The summed E-state index contributed by atoms with van der Waals surface area (Å²) in [6.07, 6.45) is 11.4. The molecule has 0 spiro atoms. The number of carbonyl (C=O) groups excluding carboxylic acids is 3. The molecule has 4 atom stereocenters. The summed E-state index contributed by atoms with van der Waals surface area (Å²) < 4.78 is 39.3. The number of piperidine rings is 2. The minimum Gasteiger partial charge on any atom is -0.371 e. The summed E-state index contributed by atoms with van der Waals surface area (Å²) in [5, 5.41) is 9.32. The summed E-state index contributed by atoms with van der Waals surface area (Å²) in [6, 6.07) is 7.08. The van der Waals surface area contributed by atoms with Crippen LogP contribution in [-0.4, -0.2) is 115 Å². The van der Waals surface area contributed by atoms with E-state index >= 15 is 0 Å². The second-order valence-corrected chi connectivity index (χ2v) is 18.5. The molecule has 1 aliphatic carbocycles. The smallest absolute Gasteiger partial charge is 0.329 e. The number of aromatic nitrogens is 5. The van der Waals surface area contributed by atoms with Gasteiger partial charge in [0.1, 0.15) is 29.3 Å². The van der Waals surface area contributed by atoms with E-state index in [-0.39, 0.29) is 47.5 Å². The zero-order valence-electron chi connectivity index (χ0n) is 35.6. The zero-order chi connectivity index (χ0) is 43.4. The van der Waals surface area contributed by atoms with Gasteiger partial charge in [0.05, 0.1) is 29.4 Å². The standard InChI is InChI=1S/C45H55F2N11O5/c1-54-38-28(6-3-7-33(38)58(45(54)62)34-14-15-36(59)50-44(34)61)5-2-4-26-16-19-55(20-17-26)23-27-8-10-29(11-9-27)40-51-37(39(46)47)41(52-40)53-43(60)32-22-48-57-21-18-35(49-42(32)57)56-24-30-12-13-31(25-56)63-30/h3,6-7,18,21-22,26-27,29-31,34,39-40H,2,4-5,8-17,19-20,23-25H2,1H3,(H,50,59,61)(H,52,53,60)/t27?,29?,30-,31+,34?,40?. The Morgan fingerprint density at radius 2 is 1.73 bits per heavy atom. The average molecular weight is 868 g/mol. The molecule has 1 saturated carbocycles. The predicted octanol–water partition coefficient (Wildman–Crippen LogP) is 4.44. The van der Waals surface area contributed by atoms with E-state index in [0.29, 0.717) is 23.9 Å². The molecule has 18 heteroatoms. The van der Waals surface area contributed by atoms with Gasteiger partial charge in [0.15, 0.2) is 11.5 Å². The molecule has 5 aliphatic heterocycles. The number of likely N-dealkylation sites (tertiary alicyclic amines) is 1. The first-order valence-electron chi connectivity index (χ1n) is 22.8. The van der Waals surface area contributed by atoms with E-state index in [9.17, 15) is 28.0 Å². The highest BCUT2D eigenvalue weighted by Crippen LogP contribution is 2.36. The summed E-state index contributed by atoms with van der Waals surface area (Å²) >= 11 is 0. The van der Waals surface area contributed by atoms with Crippen LogP contribution in [0.15, 0.2) is 51.4 Å². The average Bonchev–Trinajstić information content (AvgIpc) is 4.05. The second kappa shape index (κ2) is 17.3. The van der Waals surface area contributed by atoms with Crippen LogP contribution >= 0.6 is 0 Å². The van der Waals surface area contributed by atoms with Gasteiger partial charge in [-0.05, 0) is 113 Å². The molecule has 2 unspecified atom stereocenters. The number of benzene rings is 1. The Balaban J connectivity index is 0.692. The summed E-state index contributed by atoms with van der Waals surface area (Å²) in [4.78, 5) is 69.8. The van der Waals surface area contributed by atoms with Gasteiger partial charge in [-0.2, -0.15) is 5.10 Å². The lowest BCUT2D eigenvalue weighted by Gasteiger charge is -2.37. The summed E-state index contributed by atoms with van der Waals surface area (Å²) in [5.41, 5.74) is 2.49. The van der Waals surface area contributed by atoms with Gasteiger partial charge in [-0.25, -0.2) is 28.1 Å². The molecule has 3 aromatic heterocycles. The van der Waals surface area contributed by atoms with Crippen LogP contribution in [0, 0.1) is 17.8 Å². The third kappa shape index (κ3) is 8.31. The Labute approximate surface area is 363 Å². The van der Waals surface area contributed by atoms with Gasteiger partial charge < -0.3 is 19.9 Å². The number of anilines is 1. The van der Waals surface area contributed by atoms with E-state index in [1.807, 2.05) is 18.2 Å². The Hall–Kier alpha value is -5.36. The number of para-hydroxylation sites is 1. The lowest BCUT2D eigenvalue weighted by atomic mass is 9.80. The van der Waals surface area contributed by atoms with Crippen molar-refractivity contribution in [2.45, 2.75) is 114 Å². The number of morpholine rings is 1. The van der Waals surface area contributed by atoms with Crippen molar-refractivity contribution in [3.05, 3.63) is 58.3 Å². The van der Waals surface area contributed by atoms with Crippen LogP contribution in [0.2, 0.25) is 0 Å². The van der Waals surface area contributed by atoms with Crippen LogP contribution in [-0.2, 0) is 27.8 Å². The molecule has 8 heterocycles. The van der Waals surface area contributed by atoms with E-state index in [1.54, 1.807) is 22.4 Å². The number of nitrogens with zero attached hydrogens (tertiary/aromatic N) is 9. The van der Waals surface area contributed by atoms with Crippen molar-refractivity contribution in [2.24, 2.45) is 34.8 Å². The highest BCUT2D eigenvalue weighted by atomic mass is 19.3. The minimum absolute atomic E-state index is 0.0319. The van der Waals surface area contributed by atoms with E-state index in [0.717, 1.165) is 126 Å². The molecule has 4 saturated heterocycles. The number of hydrogen-bond donors (Lipinski definition) is 2. The number of fused-ring (bicyclic) bond motifs is 4. The predicted molar refractivity (Wildman–Crippen MR) is 231 cm³/mol. The Kier molecular flexibility index (Phi) is 11.4. The number of halogens is 2. The molecule has 3 amide bonds. The topological polar surface area (TPSA) is 173 Å². The van der Waals surface area contributed by atoms with Gasteiger partial charge in [0.25, 0.3) is 12.3 Å². The number of alkyl halides is 2. The normalized spacial score (nSPS) is 27.1. The first kappa shape index (κ1) is 41.6. The van der Waals surface area contributed by atoms with E-state index in [2.05, 4.69) is 41.6 Å². The van der Waals surface area contributed by atoms with Crippen LogP contribution in [0.25, 0.3) is 16.7 Å². The quantitative estimate of drug-likeness (QED) is 0.207. The number of nitrogens with one attached hydrogen (secondary N) is 2. The number of imide groups is 1. The first-order valence-corrected chi connectivity index (χ1v) is 22.8. The monoisotopic (exact) mass is 867 g/mol. The largest absolute Gasteiger partial charge is 0.371 e. The zero-order valence-corrected chi connectivity index (χ0v) is 35.6. The van der Waals surface area contributed by atoms with Crippen molar-refractivity contribution in [1.82, 2.24) is 39.3 Å². The molecular weight excluding hydrogens is 813 g/mol. The van der Waals surface area contributed by atoms with Gasteiger partial charge in [-0.3, -0.25) is 33.8 Å². The summed E-state index contributed by atoms with van der Waals surface area (Å²) in [5.74, 6) is 0.428. The number of hydrogen-bond acceptors (Lipinski definition) is 11. The van der Waals surface area contributed by atoms with Crippen molar-refractivity contribution in [2.75, 3.05) is 37.6 Å². The van der Waals surface area contributed by atoms with E-state index in [4.69, 9.17) is 9.72 Å². The van der Waals surface area contributed by atoms with Crippen molar-refractivity contribution >= 4 is 51.8 Å². The molecule has 10 rings (SSSR count). The van der Waals surface area contributed by atoms with Crippen LogP contribution < -0.4 is 21.2 Å². The fourth-order valence-electron chi connectivity index (χ4n) is 11.1. The number of aliphatic imine (C=N–C) groups is 2. The number of amidine groups is 1. The Morgan fingerprint density at radius 1 is 0.952 bits per heavy atom. The lowest BCUT2D eigenvalue weighted by molar-refractivity contribution is -0.135. The number of carbonyl (C=O) groups is 3. The molecule has 16 nitrogen and oxygen atoms in total. The fourth-order valence-corrected chi connectivity index (χ4v) is 11.1. The highest BCUT2D eigenvalue weighted by Gasteiger charge is 2.38. The van der Waals surface area contributed by atoms with Crippen LogP contribution in [0.4, 0.5) is 14.6 Å². The fraction of sp³-hybridized carbons (Fsp3) is 0.600. The van der Waals surface area contributed by atoms with Gasteiger partial charge in [0, 0.05) is 45.2 Å². The SMILES string of the molecule is Cn1c(=O)n(C2CCC(=O)NC2=O)c2cccc(CCCC3CCN(CC4CCC(C5N=C(NC(=O)c6cnn7ccc(N8C[C@H]9CC[C@@H](C8)O9)nc67)C(C(F)F)=N5)CC4)CC3)c21. The molecule has 2 bridgehead atoms. The number of ether oxygens (including phenoxy) is 1. The third-order valence-electron chi connectivity index (χ3n) is 14.5. The maximum Gasteiger partial charge on any atom is 0.329 e. The molecule has 63 heavy (non-hydrogen) atoms. The van der Waals surface area contributed by atoms with Crippen molar-refractivity contribution < 1.29 is 27.9 Å². The molecule has 334 valence electrons. The molecule has 4 aromatic rings. The maximum absolute atomic E-state index is 14.3. The lowest BCUT2D eigenvalue weighted by Crippen LogP contribution is -2.44. The van der Waals surface area contributed by atoms with Crippen LogP contribution in [0.1, 0.15) is 99.0 Å². The highest BCUT2D eigenvalue weighted by molar-refractivity contribution is 6.46. The van der Waals surface area contributed by atoms with Crippen LogP contribution in [0.3, 0.4) is 0 Å². The summed E-state index contributed by atoms with van der Waals surface area (Å²) in [7, 11) is 1.75. The third-order valence-corrected chi connectivity index (χ3v) is 14.5. The van der Waals surface area contributed by atoms with Crippen LogP contribution in [0.5, 0.6) is 0 Å². The first-order chi connectivity index (χ1) is 30.6. The van der Waals surface area contributed by atoms with E-state index < -0.39 is 36.2 Å². The number of rotatable bonds is 11. The molecule has 1 aromatic carbocycles. The number of amides is 3. The Morgan fingerprint density at radius 3 is 2.48 bits per heavy atom. The van der Waals surface area contributed by atoms with Crippen molar-refractivity contribution in [1.29, 1.82) is 0 Å². The van der Waals surface area contributed by atoms with Crippen molar-refractivity contribution in [3.8, 4) is 0 Å². The van der Waals surface area contributed by atoms with Gasteiger partial charge >= 0.3 is 5.69 Å². The minimum atomic E-state index is -2.87. The molecule has 6 aliphatic rings. The van der Waals surface area contributed by atoms with Gasteiger partial charge in [-0.1, -0.05) is 18.6 Å². The summed E-state index contributed by atoms with van der Waals surface area (Å²) in [6.45, 7) is 4.59. The molecule has 2 N–H and O–H groups in total. The molecule has 5 fully saturated rings. The molecule has 0 radical (unpaired) electrons. The number of imidazole rings is 1. The van der Waals surface area contributed by atoms with Gasteiger partial charge in [-0.15, -0.1) is 0 Å². The van der Waals surface area contributed by atoms with Gasteiger partial charge in [0.2, 0.25) is 11.8 Å². The van der Waals surface area contributed by atoms with E-state index in [1.165, 1.54) is 10.7 Å². The maximum atomic E-state index is 14.3. The molecular formula is C45H55F2N11O5. The number of aryl methyl sites for hydroxylation is 2. The van der Waals surface area contributed by atoms with Crippen molar-refractivity contribution in [3.63, 3.8) is 0 Å².